The largest absolute Gasteiger partial charge is 0.478 e. The molecule has 0 spiro atoms. The van der Waals surface area contributed by atoms with Gasteiger partial charge in [0.1, 0.15) is 0 Å². The highest BCUT2D eigenvalue weighted by Gasteiger charge is 2.06. The maximum Gasteiger partial charge on any atom is 0.331 e. The normalized spacial score (nSPS) is 14.9. The van der Waals surface area contributed by atoms with Gasteiger partial charge in [0.25, 0.3) is 0 Å². The SMILES string of the molecule is CC=C(C)CC/C(C)=C(/C)CC/C(C)=C(\C)C(=O)O. The number of rotatable bonds is 7. The maximum atomic E-state index is 10.9. The van der Waals surface area contributed by atoms with Gasteiger partial charge in [-0.3, -0.25) is 0 Å². The van der Waals surface area contributed by atoms with Crippen molar-refractivity contribution in [2.24, 2.45) is 0 Å². The van der Waals surface area contributed by atoms with Crippen LogP contribution in [-0.2, 0) is 4.79 Å². The third-order valence-corrected chi connectivity index (χ3v) is 3.95. The highest BCUT2D eigenvalue weighted by Crippen LogP contribution is 2.20. The van der Waals surface area contributed by atoms with E-state index in [1.165, 1.54) is 16.7 Å². The van der Waals surface area contributed by atoms with E-state index in [9.17, 15) is 4.79 Å². The number of allylic oxidation sites excluding steroid dienone is 5. The second-order valence-corrected chi connectivity index (χ2v) is 5.41. The van der Waals surface area contributed by atoms with Gasteiger partial charge in [-0.15, -0.1) is 0 Å². The average Bonchev–Trinajstić information content (AvgIpc) is 2.39. The van der Waals surface area contributed by atoms with Crippen LogP contribution in [0.4, 0.5) is 0 Å². The van der Waals surface area contributed by atoms with Crippen LogP contribution < -0.4 is 0 Å². The number of carboxylic acids is 1. The molecule has 0 saturated heterocycles. The van der Waals surface area contributed by atoms with Crippen molar-refractivity contribution in [2.45, 2.75) is 67.2 Å². The van der Waals surface area contributed by atoms with E-state index in [1.807, 2.05) is 6.92 Å². The van der Waals surface area contributed by atoms with Gasteiger partial charge in [-0.25, -0.2) is 4.79 Å². The van der Waals surface area contributed by atoms with E-state index < -0.39 is 5.97 Å². The zero-order chi connectivity index (χ0) is 15.0. The summed E-state index contributed by atoms with van der Waals surface area (Å²) in [6.45, 7) is 12.2. The van der Waals surface area contributed by atoms with Crippen LogP contribution in [0.25, 0.3) is 0 Å². The summed E-state index contributed by atoms with van der Waals surface area (Å²) in [5.41, 5.74) is 5.70. The van der Waals surface area contributed by atoms with Crippen LogP contribution in [-0.4, -0.2) is 11.1 Å². The number of carbonyl (C=O) groups is 1. The summed E-state index contributed by atoms with van der Waals surface area (Å²) in [7, 11) is 0. The standard InChI is InChI=1S/C17H28O2/c1-7-12(2)8-9-13(3)14(4)10-11-15(5)16(6)17(18)19/h7H,8-11H2,1-6H3,(H,18,19)/b12-7?,14-13-,16-15+. The summed E-state index contributed by atoms with van der Waals surface area (Å²) < 4.78 is 0. The van der Waals surface area contributed by atoms with E-state index in [-0.39, 0.29) is 0 Å². The number of hydrogen-bond donors (Lipinski definition) is 1. The van der Waals surface area contributed by atoms with Crippen LogP contribution in [0, 0.1) is 0 Å². The molecule has 0 atom stereocenters. The lowest BCUT2D eigenvalue weighted by Crippen LogP contribution is -2.00. The minimum atomic E-state index is -0.806. The summed E-state index contributed by atoms with van der Waals surface area (Å²) in [5, 5.41) is 8.92. The van der Waals surface area contributed by atoms with Gasteiger partial charge in [0.05, 0.1) is 0 Å². The lowest BCUT2D eigenvalue weighted by molar-refractivity contribution is -0.132. The molecule has 2 heteroatoms. The molecule has 0 rings (SSSR count). The van der Waals surface area contributed by atoms with Crippen molar-refractivity contribution >= 4 is 5.97 Å². The minimum absolute atomic E-state index is 0.482. The minimum Gasteiger partial charge on any atom is -0.478 e. The fourth-order valence-electron chi connectivity index (χ4n) is 1.70. The van der Waals surface area contributed by atoms with Crippen LogP contribution >= 0.6 is 0 Å². The molecule has 0 aromatic rings. The van der Waals surface area contributed by atoms with Crippen LogP contribution in [0.3, 0.4) is 0 Å². The van der Waals surface area contributed by atoms with Crippen LogP contribution in [0.5, 0.6) is 0 Å². The molecule has 0 heterocycles. The van der Waals surface area contributed by atoms with E-state index >= 15 is 0 Å². The first-order valence-electron chi connectivity index (χ1n) is 6.96. The van der Waals surface area contributed by atoms with Gasteiger partial charge in [-0.2, -0.15) is 0 Å². The Morgan fingerprint density at radius 3 is 1.68 bits per heavy atom. The van der Waals surface area contributed by atoms with Gasteiger partial charge in [-0.05, 0) is 67.2 Å². The third kappa shape index (κ3) is 7.00. The molecule has 0 aliphatic rings. The monoisotopic (exact) mass is 264 g/mol. The topological polar surface area (TPSA) is 37.3 Å². The Morgan fingerprint density at radius 1 is 0.842 bits per heavy atom. The summed E-state index contributed by atoms with van der Waals surface area (Å²) in [6, 6.07) is 0. The average molecular weight is 264 g/mol. The summed E-state index contributed by atoms with van der Waals surface area (Å²) in [4.78, 5) is 10.9. The van der Waals surface area contributed by atoms with E-state index in [0.717, 1.165) is 31.3 Å². The van der Waals surface area contributed by atoms with Crippen molar-refractivity contribution in [2.75, 3.05) is 0 Å². The molecule has 0 saturated carbocycles. The van der Waals surface area contributed by atoms with Crippen molar-refractivity contribution in [3.8, 4) is 0 Å². The summed E-state index contributed by atoms with van der Waals surface area (Å²) in [6.07, 6.45) is 6.16. The number of aliphatic carboxylic acids is 1. The van der Waals surface area contributed by atoms with Gasteiger partial charge in [-0.1, -0.05) is 28.4 Å². The van der Waals surface area contributed by atoms with Crippen molar-refractivity contribution in [1.82, 2.24) is 0 Å². The Balaban J connectivity index is 4.48. The van der Waals surface area contributed by atoms with Crippen LogP contribution in [0.2, 0.25) is 0 Å². The Labute approximate surface area is 117 Å². The fourth-order valence-corrected chi connectivity index (χ4v) is 1.70. The molecule has 0 bridgehead atoms. The van der Waals surface area contributed by atoms with Crippen molar-refractivity contribution in [1.29, 1.82) is 0 Å². The Morgan fingerprint density at radius 2 is 1.26 bits per heavy atom. The molecule has 0 aliphatic heterocycles. The third-order valence-electron chi connectivity index (χ3n) is 3.95. The summed E-state index contributed by atoms with van der Waals surface area (Å²) in [5.74, 6) is -0.806. The molecule has 0 unspecified atom stereocenters. The second kappa shape index (κ2) is 8.73. The molecule has 19 heavy (non-hydrogen) atoms. The van der Waals surface area contributed by atoms with Crippen LogP contribution in [0.1, 0.15) is 67.2 Å². The second-order valence-electron chi connectivity index (χ2n) is 5.41. The van der Waals surface area contributed by atoms with Gasteiger partial charge >= 0.3 is 5.97 Å². The smallest absolute Gasteiger partial charge is 0.331 e. The quantitative estimate of drug-likeness (QED) is 0.502. The van der Waals surface area contributed by atoms with Gasteiger partial charge in [0.15, 0.2) is 0 Å². The Kier molecular flexibility index (Phi) is 8.13. The molecular weight excluding hydrogens is 236 g/mol. The predicted molar refractivity (Wildman–Crippen MR) is 82.3 cm³/mol. The zero-order valence-electron chi connectivity index (χ0n) is 13.3. The van der Waals surface area contributed by atoms with Gasteiger partial charge in [0.2, 0.25) is 0 Å². The molecule has 0 amide bonds. The summed E-state index contributed by atoms with van der Waals surface area (Å²) >= 11 is 0. The first-order chi connectivity index (χ1) is 8.79. The molecule has 0 aromatic carbocycles. The molecule has 0 radical (unpaired) electrons. The Bertz CT molecular complexity index is 409. The molecule has 0 aliphatic carbocycles. The fraction of sp³-hybridized carbons (Fsp3) is 0.588. The van der Waals surface area contributed by atoms with Crippen molar-refractivity contribution in [3.63, 3.8) is 0 Å². The molecule has 1 N–H and O–H groups in total. The van der Waals surface area contributed by atoms with E-state index in [4.69, 9.17) is 5.11 Å². The first-order valence-corrected chi connectivity index (χ1v) is 6.96. The number of carboxylic acid groups (broad SMARTS) is 1. The van der Waals surface area contributed by atoms with E-state index in [0.29, 0.717) is 5.57 Å². The van der Waals surface area contributed by atoms with Crippen LogP contribution in [0.15, 0.2) is 33.9 Å². The highest BCUT2D eigenvalue weighted by atomic mass is 16.4. The molecule has 2 nitrogen and oxygen atoms in total. The van der Waals surface area contributed by atoms with Crippen molar-refractivity contribution in [3.05, 3.63) is 33.9 Å². The Hall–Kier alpha value is -1.31. The maximum absolute atomic E-state index is 10.9. The zero-order valence-corrected chi connectivity index (χ0v) is 13.3. The number of hydrogen-bond acceptors (Lipinski definition) is 1. The molecule has 108 valence electrons. The van der Waals surface area contributed by atoms with Gasteiger partial charge < -0.3 is 5.11 Å². The lowest BCUT2D eigenvalue weighted by atomic mass is 9.97. The molecular formula is C17H28O2. The van der Waals surface area contributed by atoms with Gasteiger partial charge in [0, 0.05) is 5.57 Å². The predicted octanol–water partition coefficient (Wildman–Crippen LogP) is 5.27. The van der Waals surface area contributed by atoms with Crippen molar-refractivity contribution < 1.29 is 9.90 Å². The molecule has 0 aromatic heterocycles. The first kappa shape index (κ1) is 17.7. The highest BCUT2D eigenvalue weighted by molar-refractivity contribution is 5.86. The van der Waals surface area contributed by atoms with E-state index in [1.54, 1.807) is 6.92 Å². The van der Waals surface area contributed by atoms with E-state index in [2.05, 4.69) is 33.8 Å². The molecule has 0 fully saturated rings. The lowest BCUT2D eigenvalue weighted by Gasteiger charge is -2.09.